The van der Waals surface area contributed by atoms with Gasteiger partial charge in [-0.1, -0.05) is 206 Å². The Labute approximate surface area is 325 Å². The van der Waals surface area contributed by atoms with Crippen LogP contribution in [0, 0.1) is 0 Å². The Morgan fingerprint density at radius 2 is 0.554 bits per heavy atom. The summed E-state index contributed by atoms with van der Waals surface area (Å²) in [6, 6.07) is 76.5. The van der Waals surface area contributed by atoms with E-state index in [1.807, 2.05) is 0 Å². The van der Waals surface area contributed by atoms with Crippen molar-refractivity contribution in [1.82, 2.24) is 0 Å². The first-order valence-corrected chi connectivity index (χ1v) is 19.5. The second-order valence-corrected chi connectivity index (χ2v) is 15.1. The summed E-state index contributed by atoms with van der Waals surface area (Å²) < 4.78 is 0. The van der Waals surface area contributed by atoms with Crippen LogP contribution in [0.25, 0.3) is 121 Å². The Hall–Kier alpha value is -7.28. The third kappa shape index (κ3) is 4.42. The van der Waals surface area contributed by atoms with Crippen molar-refractivity contribution in [1.29, 1.82) is 0 Å². The summed E-state index contributed by atoms with van der Waals surface area (Å²) in [5, 5.41) is 12.7. The topological polar surface area (TPSA) is 0 Å². The molecule has 0 heterocycles. The van der Waals surface area contributed by atoms with Crippen LogP contribution < -0.4 is 0 Å². The first-order chi connectivity index (χ1) is 27.8. The van der Waals surface area contributed by atoms with E-state index in [9.17, 15) is 0 Å². The minimum absolute atomic E-state index is 1.24. The summed E-state index contributed by atoms with van der Waals surface area (Å²) in [5.74, 6) is 0. The predicted molar refractivity (Wildman–Crippen MR) is 240 cm³/mol. The summed E-state index contributed by atoms with van der Waals surface area (Å²) in [6.07, 6.45) is 0. The zero-order valence-corrected chi connectivity index (χ0v) is 30.6. The molecule has 56 heavy (non-hydrogen) atoms. The molecule has 0 nitrogen and oxygen atoms in total. The first kappa shape index (κ1) is 31.1. The molecule has 0 bridgehead atoms. The molecule has 0 heteroatoms. The van der Waals surface area contributed by atoms with Gasteiger partial charge in [-0.2, -0.15) is 0 Å². The van der Waals surface area contributed by atoms with E-state index in [4.69, 9.17) is 0 Å². The van der Waals surface area contributed by atoms with E-state index >= 15 is 0 Å². The van der Waals surface area contributed by atoms with E-state index < -0.39 is 0 Å². The highest BCUT2D eigenvalue weighted by atomic mass is 14.3. The molecule has 0 radical (unpaired) electrons. The molecule has 12 rings (SSSR count). The van der Waals surface area contributed by atoms with Gasteiger partial charge in [0.05, 0.1) is 0 Å². The molecule has 0 amide bonds. The fraction of sp³-hybridized carbons (Fsp3) is 0. The molecule has 0 fully saturated rings. The van der Waals surface area contributed by atoms with Gasteiger partial charge < -0.3 is 0 Å². The SMILES string of the molecule is c1ccc(-c2ccc(-c3ccc4c5c(cccc35)-c3c-4c(-c4cccc5ccccc45)c4ccccc4c3-c3cccc4ccccc34)c3ccccc23)cc1. The van der Waals surface area contributed by atoms with Crippen molar-refractivity contribution in [2.75, 3.05) is 0 Å². The standard InChI is InChI=1S/C56H34/c1-2-15-35(16-3-1)40-31-32-43(42-24-9-8-23-41(40)42)44-33-34-51-52-47(44)29-14-30-50(52)55-53(45-27-12-19-36-17-4-6-21-38(36)45)48-25-10-11-26-49(48)54(56(51)55)46-28-13-20-37-18-5-7-22-39(37)46/h1-34H. The molecule has 1 aliphatic carbocycles. The van der Waals surface area contributed by atoms with E-state index in [0.29, 0.717) is 0 Å². The molecule has 0 unspecified atom stereocenters. The van der Waals surface area contributed by atoms with Gasteiger partial charge in [0, 0.05) is 0 Å². The minimum Gasteiger partial charge on any atom is -0.0622 e. The van der Waals surface area contributed by atoms with Crippen molar-refractivity contribution >= 4 is 53.9 Å². The van der Waals surface area contributed by atoms with Gasteiger partial charge in [-0.25, -0.2) is 0 Å². The van der Waals surface area contributed by atoms with Gasteiger partial charge in [0.2, 0.25) is 0 Å². The van der Waals surface area contributed by atoms with E-state index in [-0.39, 0.29) is 0 Å². The third-order valence-electron chi connectivity index (χ3n) is 12.2. The smallest absolute Gasteiger partial charge is 0.000718 e. The van der Waals surface area contributed by atoms with Crippen LogP contribution in [0.2, 0.25) is 0 Å². The lowest BCUT2D eigenvalue weighted by Crippen LogP contribution is -1.94. The molecule has 258 valence electrons. The molecule has 11 aromatic rings. The number of benzene rings is 11. The van der Waals surface area contributed by atoms with E-state index in [0.717, 1.165) is 0 Å². The van der Waals surface area contributed by atoms with Crippen LogP contribution in [0.3, 0.4) is 0 Å². The number of hydrogen-bond donors (Lipinski definition) is 0. The molecular formula is C56H34. The van der Waals surface area contributed by atoms with Crippen molar-refractivity contribution in [3.05, 3.63) is 206 Å². The van der Waals surface area contributed by atoms with Gasteiger partial charge in [0.1, 0.15) is 0 Å². The van der Waals surface area contributed by atoms with Gasteiger partial charge >= 0.3 is 0 Å². The highest BCUT2D eigenvalue weighted by Crippen LogP contribution is 2.59. The van der Waals surface area contributed by atoms with Crippen LogP contribution >= 0.6 is 0 Å². The van der Waals surface area contributed by atoms with Crippen LogP contribution in [-0.4, -0.2) is 0 Å². The largest absolute Gasteiger partial charge is 0.0622 e. The van der Waals surface area contributed by atoms with Crippen LogP contribution in [0.15, 0.2) is 206 Å². The lowest BCUT2D eigenvalue weighted by Gasteiger charge is -2.22. The van der Waals surface area contributed by atoms with Crippen LogP contribution in [0.5, 0.6) is 0 Å². The molecule has 0 saturated carbocycles. The normalized spacial score (nSPS) is 11.9. The molecule has 0 atom stereocenters. The molecule has 11 aromatic carbocycles. The van der Waals surface area contributed by atoms with Gasteiger partial charge in [-0.3, -0.25) is 0 Å². The second kappa shape index (κ2) is 12.1. The van der Waals surface area contributed by atoms with Crippen molar-refractivity contribution in [2.45, 2.75) is 0 Å². The van der Waals surface area contributed by atoms with Crippen molar-refractivity contribution in [3.8, 4) is 66.8 Å². The first-order valence-electron chi connectivity index (χ1n) is 19.5. The fourth-order valence-corrected chi connectivity index (χ4v) is 9.89. The minimum atomic E-state index is 1.24. The zero-order chi connectivity index (χ0) is 36.7. The maximum absolute atomic E-state index is 2.42. The Morgan fingerprint density at radius 1 is 0.179 bits per heavy atom. The highest BCUT2D eigenvalue weighted by molar-refractivity contribution is 6.31. The predicted octanol–water partition coefficient (Wildman–Crippen LogP) is 15.8. The van der Waals surface area contributed by atoms with E-state index in [1.54, 1.807) is 0 Å². The lowest BCUT2D eigenvalue weighted by atomic mass is 9.81. The van der Waals surface area contributed by atoms with Crippen LogP contribution in [-0.2, 0) is 0 Å². The molecule has 1 aliphatic rings. The summed E-state index contributed by atoms with van der Waals surface area (Å²) >= 11 is 0. The van der Waals surface area contributed by atoms with Gasteiger partial charge in [-0.05, 0) is 121 Å². The maximum Gasteiger partial charge on any atom is -0.000718 e. The number of rotatable bonds is 4. The van der Waals surface area contributed by atoms with Crippen LogP contribution in [0.1, 0.15) is 0 Å². The summed E-state index contributed by atoms with van der Waals surface area (Å²) in [4.78, 5) is 0. The summed E-state index contributed by atoms with van der Waals surface area (Å²) in [5.41, 5.74) is 15.4. The second-order valence-electron chi connectivity index (χ2n) is 15.1. The molecule has 0 aliphatic heterocycles. The number of fused-ring (bicyclic) bond motifs is 7. The molecular weight excluding hydrogens is 673 g/mol. The van der Waals surface area contributed by atoms with Gasteiger partial charge in [0.25, 0.3) is 0 Å². The Balaban J connectivity index is 1.22. The third-order valence-corrected chi connectivity index (χ3v) is 12.2. The average Bonchev–Trinajstić information content (AvgIpc) is 3.60. The zero-order valence-electron chi connectivity index (χ0n) is 30.6. The summed E-state index contributed by atoms with van der Waals surface area (Å²) in [7, 11) is 0. The van der Waals surface area contributed by atoms with Crippen molar-refractivity contribution < 1.29 is 0 Å². The summed E-state index contributed by atoms with van der Waals surface area (Å²) in [6.45, 7) is 0. The highest BCUT2D eigenvalue weighted by Gasteiger charge is 2.32. The van der Waals surface area contributed by atoms with Crippen molar-refractivity contribution in [2.24, 2.45) is 0 Å². The molecule has 0 aromatic heterocycles. The maximum atomic E-state index is 2.42. The lowest BCUT2D eigenvalue weighted by molar-refractivity contribution is 1.64. The molecule has 0 spiro atoms. The van der Waals surface area contributed by atoms with Gasteiger partial charge in [-0.15, -0.1) is 0 Å². The quantitative estimate of drug-likeness (QED) is 0.171. The Bertz CT molecular complexity index is 3260. The monoisotopic (exact) mass is 706 g/mol. The number of hydrogen-bond acceptors (Lipinski definition) is 0. The fourth-order valence-electron chi connectivity index (χ4n) is 9.89. The van der Waals surface area contributed by atoms with Crippen LogP contribution in [0.4, 0.5) is 0 Å². The van der Waals surface area contributed by atoms with Crippen molar-refractivity contribution in [3.63, 3.8) is 0 Å². The molecule has 0 N–H and O–H groups in total. The Kier molecular flexibility index (Phi) is 6.73. The van der Waals surface area contributed by atoms with E-state index in [2.05, 4.69) is 206 Å². The average molecular weight is 707 g/mol. The Morgan fingerprint density at radius 3 is 1.16 bits per heavy atom. The molecule has 0 saturated heterocycles. The van der Waals surface area contributed by atoms with E-state index in [1.165, 1.54) is 121 Å². The van der Waals surface area contributed by atoms with Gasteiger partial charge in [0.15, 0.2) is 0 Å².